The molecule has 7 heteroatoms. The highest BCUT2D eigenvalue weighted by molar-refractivity contribution is 5.94. The molecule has 0 saturated carbocycles. The first-order valence-corrected chi connectivity index (χ1v) is 11.2. The number of benzene rings is 1. The quantitative estimate of drug-likeness (QED) is 0.594. The lowest BCUT2D eigenvalue weighted by molar-refractivity contribution is 0.101. The summed E-state index contributed by atoms with van der Waals surface area (Å²) in [4.78, 5) is 23.6. The van der Waals surface area contributed by atoms with Gasteiger partial charge in [-0.2, -0.15) is 5.26 Å². The Morgan fingerprint density at radius 3 is 2.38 bits per heavy atom. The predicted molar refractivity (Wildman–Crippen MR) is 126 cm³/mol. The van der Waals surface area contributed by atoms with Crippen molar-refractivity contribution in [3.63, 3.8) is 0 Å². The van der Waals surface area contributed by atoms with Crippen LogP contribution in [-0.2, 0) is 0 Å². The Hall–Kier alpha value is -3.37. The number of anilines is 2. The van der Waals surface area contributed by atoms with E-state index in [1.165, 1.54) is 0 Å². The van der Waals surface area contributed by atoms with Gasteiger partial charge in [-0.1, -0.05) is 0 Å². The Labute approximate surface area is 188 Å². The number of likely N-dealkylation sites (tertiary alicyclic amines) is 1. The van der Waals surface area contributed by atoms with Gasteiger partial charge in [0, 0.05) is 61.6 Å². The predicted octanol–water partition coefficient (Wildman–Crippen LogP) is 3.31. The number of nitrogens with zero attached hydrogens (tertiary/aromatic N) is 6. The maximum absolute atomic E-state index is 11.5. The van der Waals surface area contributed by atoms with E-state index in [-0.39, 0.29) is 5.78 Å². The number of pyridine rings is 1. The van der Waals surface area contributed by atoms with Gasteiger partial charge >= 0.3 is 0 Å². The molecule has 2 aliphatic heterocycles. The van der Waals surface area contributed by atoms with E-state index in [0.29, 0.717) is 11.6 Å². The van der Waals surface area contributed by atoms with Crippen molar-refractivity contribution in [2.45, 2.75) is 19.4 Å². The van der Waals surface area contributed by atoms with Gasteiger partial charge < -0.3 is 19.3 Å². The van der Waals surface area contributed by atoms with Crippen LogP contribution in [-0.4, -0.2) is 66.6 Å². The summed E-state index contributed by atoms with van der Waals surface area (Å²) >= 11 is 0. The molecule has 2 aromatic heterocycles. The van der Waals surface area contributed by atoms with Crippen LogP contribution in [0.15, 0.2) is 42.6 Å². The molecule has 0 aliphatic carbocycles. The van der Waals surface area contributed by atoms with Crippen molar-refractivity contribution in [1.82, 2.24) is 14.5 Å². The van der Waals surface area contributed by atoms with E-state index in [4.69, 9.17) is 4.98 Å². The SMILES string of the molecule is CC(=O)c1ccc(N2CCN(c3ccc4c(C#N)cn([C@H]5CCN(C)C5)c4n3)CC2)cc1. The molecule has 1 aromatic carbocycles. The molecule has 1 atom stereocenters. The number of hydrogen-bond acceptors (Lipinski definition) is 6. The van der Waals surface area contributed by atoms with Gasteiger partial charge in [0.2, 0.25) is 0 Å². The van der Waals surface area contributed by atoms with Crippen molar-refractivity contribution >= 4 is 28.3 Å². The Kier molecular flexibility index (Phi) is 5.32. The standard InChI is InChI=1S/C25H28N6O/c1-18(32)19-3-5-21(6-4-19)29-11-13-30(14-12-29)24-8-7-23-20(15-26)16-31(25(23)27-24)22-9-10-28(2)17-22/h3-8,16,22H,9-14,17H2,1-2H3/t22-/m0/s1. The highest BCUT2D eigenvalue weighted by atomic mass is 16.1. The van der Waals surface area contributed by atoms with Gasteiger partial charge in [-0.15, -0.1) is 0 Å². The number of carbonyl (C=O) groups excluding carboxylic acids is 1. The van der Waals surface area contributed by atoms with Gasteiger partial charge in [0.1, 0.15) is 17.5 Å². The molecule has 0 amide bonds. The van der Waals surface area contributed by atoms with Crippen molar-refractivity contribution in [3.05, 3.63) is 53.7 Å². The highest BCUT2D eigenvalue weighted by Crippen LogP contribution is 2.30. The Morgan fingerprint density at radius 2 is 1.75 bits per heavy atom. The molecule has 32 heavy (non-hydrogen) atoms. The molecule has 164 valence electrons. The number of rotatable bonds is 4. The second-order valence-electron chi connectivity index (χ2n) is 8.88. The number of Topliss-reactive ketones (excluding diaryl/α,β-unsaturated/α-hetero) is 1. The second kappa shape index (κ2) is 8.29. The fourth-order valence-corrected chi connectivity index (χ4v) is 4.90. The highest BCUT2D eigenvalue weighted by Gasteiger charge is 2.25. The molecule has 0 radical (unpaired) electrons. The van der Waals surface area contributed by atoms with Crippen LogP contribution in [0.25, 0.3) is 11.0 Å². The molecule has 0 bridgehead atoms. The van der Waals surface area contributed by atoms with Crippen molar-refractivity contribution in [2.24, 2.45) is 0 Å². The molecular weight excluding hydrogens is 400 g/mol. The summed E-state index contributed by atoms with van der Waals surface area (Å²) in [7, 11) is 2.14. The minimum absolute atomic E-state index is 0.0939. The number of hydrogen-bond donors (Lipinski definition) is 0. The number of aromatic nitrogens is 2. The molecule has 0 N–H and O–H groups in total. The number of piperazine rings is 1. The van der Waals surface area contributed by atoms with Crippen LogP contribution in [0.5, 0.6) is 0 Å². The van der Waals surface area contributed by atoms with E-state index in [1.807, 2.05) is 36.5 Å². The lowest BCUT2D eigenvalue weighted by Crippen LogP contribution is -2.46. The smallest absolute Gasteiger partial charge is 0.159 e. The third kappa shape index (κ3) is 3.71. The molecule has 0 spiro atoms. The lowest BCUT2D eigenvalue weighted by Gasteiger charge is -2.36. The van der Waals surface area contributed by atoms with Crippen molar-refractivity contribution in [3.8, 4) is 6.07 Å². The molecule has 3 aromatic rings. The minimum atomic E-state index is 0.0939. The summed E-state index contributed by atoms with van der Waals surface area (Å²) in [6, 6.07) is 14.7. The average molecular weight is 429 g/mol. The van der Waals surface area contributed by atoms with E-state index >= 15 is 0 Å². The topological polar surface area (TPSA) is 68.4 Å². The molecule has 5 rings (SSSR count). The van der Waals surface area contributed by atoms with Crippen LogP contribution in [0.3, 0.4) is 0 Å². The van der Waals surface area contributed by atoms with Crippen molar-refractivity contribution in [2.75, 3.05) is 56.1 Å². The summed E-state index contributed by atoms with van der Waals surface area (Å²) in [5.74, 6) is 1.07. The van der Waals surface area contributed by atoms with Gasteiger partial charge in [0.05, 0.1) is 5.56 Å². The summed E-state index contributed by atoms with van der Waals surface area (Å²) in [6.45, 7) is 7.21. The fourth-order valence-electron chi connectivity index (χ4n) is 4.90. The van der Waals surface area contributed by atoms with E-state index in [1.54, 1.807) is 6.92 Å². The van der Waals surface area contributed by atoms with E-state index in [0.717, 1.165) is 73.8 Å². The zero-order valence-corrected chi connectivity index (χ0v) is 18.7. The minimum Gasteiger partial charge on any atom is -0.368 e. The number of fused-ring (bicyclic) bond motifs is 1. The molecule has 2 aliphatic rings. The van der Waals surface area contributed by atoms with E-state index in [9.17, 15) is 10.1 Å². The number of likely N-dealkylation sites (N-methyl/N-ethyl adjacent to an activating group) is 1. The van der Waals surface area contributed by atoms with E-state index in [2.05, 4.69) is 38.5 Å². The van der Waals surface area contributed by atoms with Crippen LogP contribution >= 0.6 is 0 Å². The van der Waals surface area contributed by atoms with Gasteiger partial charge in [-0.25, -0.2) is 4.98 Å². The van der Waals surface area contributed by atoms with Crippen molar-refractivity contribution < 1.29 is 4.79 Å². The van der Waals surface area contributed by atoms with Gasteiger partial charge in [0.25, 0.3) is 0 Å². The summed E-state index contributed by atoms with van der Waals surface area (Å²) in [6.07, 6.45) is 3.06. The largest absolute Gasteiger partial charge is 0.368 e. The normalized spacial score (nSPS) is 19.5. The fraction of sp³-hybridized carbons (Fsp3) is 0.400. The Morgan fingerprint density at radius 1 is 1.03 bits per heavy atom. The summed E-state index contributed by atoms with van der Waals surface area (Å²) in [5, 5.41) is 10.6. The lowest BCUT2D eigenvalue weighted by atomic mass is 10.1. The van der Waals surface area contributed by atoms with Crippen LogP contribution in [0.1, 0.15) is 35.3 Å². The third-order valence-corrected chi connectivity index (χ3v) is 6.79. The van der Waals surface area contributed by atoms with Gasteiger partial charge in [-0.3, -0.25) is 4.79 Å². The zero-order valence-electron chi connectivity index (χ0n) is 18.7. The number of ketones is 1. The molecule has 2 fully saturated rings. The second-order valence-corrected chi connectivity index (χ2v) is 8.88. The summed E-state index contributed by atoms with van der Waals surface area (Å²) < 4.78 is 2.22. The van der Waals surface area contributed by atoms with Crippen molar-refractivity contribution in [1.29, 1.82) is 5.26 Å². The number of carbonyl (C=O) groups is 1. The monoisotopic (exact) mass is 428 g/mol. The first-order chi connectivity index (χ1) is 15.5. The van der Waals surface area contributed by atoms with Gasteiger partial charge in [0.15, 0.2) is 5.78 Å². The molecule has 0 unspecified atom stereocenters. The van der Waals surface area contributed by atoms with Crippen LogP contribution in [0, 0.1) is 11.3 Å². The van der Waals surface area contributed by atoms with Gasteiger partial charge in [-0.05, 0) is 63.3 Å². The van der Waals surface area contributed by atoms with E-state index < -0.39 is 0 Å². The first-order valence-electron chi connectivity index (χ1n) is 11.2. The molecule has 4 heterocycles. The average Bonchev–Trinajstić information content (AvgIpc) is 3.42. The molecule has 2 saturated heterocycles. The number of nitriles is 1. The van der Waals surface area contributed by atoms with Crippen LogP contribution in [0.2, 0.25) is 0 Å². The Bertz CT molecular complexity index is 1180. The molecule has 7 nitrogen and oxygen atoms in total. The third-order valence-electron chi connectivity index (χ3n) is 6.79. The maximum atomic E-state index is 11.5. The summed E-state index contributed by atoms with van der Waals surface area (Å²) in [5.41, 5.74) is 3.52. The van der Waals surface area contributed by atoms with Crippen LogP contribution < -0.4 is 9.80 Å². The zero-order chi connectivity index (χ0) is 22.2. The maximum Gasteiger partial charge on any atom is 0.159 e. The first kappa shape index (κ1) is 20.5. The van der Waals surface area contributed by atoms with Crippen LogP contribution in [0.4, 0.5) is 11.5 Å². The molecular formula is C25H28N6O. The Balaban J connectivity index is 1.35.